The predicted octanol–water partition coefficient (Wildman–Crippen LogP) is 2.71. The van der Waals surface area contributed by atoms with E-state index in [1.807, 2.05) is 66.8 Å². The van der Waals surface area contributed by atoms with Gasteiger partial charge in [0.25, 0.3) is 0 Å². The molecular formula is C27H19FN4O. The van der Waals surface area contributed by atoms with Crippen molar-refractivity contribution in [3.05, 3.63) is 118 Å². The van der Waals surface area contributed by atoms with Gasteiger partial charge in [0, 0.05) is 23.2 Å². The molecule has 0 aliphatic carbocycles. The van der Waals surface area contributed by atoms with E-state index < -0.39 is 11.4 Å². The summed E-state index contributed by atoms with van der Waals surface area (Å²) in [6.07, 6.45) is 14.4. The Kier molecular flexibility index (Phi) is 4.33. The highest BCUT2D eigenvalue weighted by Crippen LogP contribution is 2.32. The molecule has 1 aromatic carbocycles. The number of nitrogens with one attached hydrogen (secondary N) is 2. The fraction of sp³-hybridized carbons (Fsp3) is 0.0741. The van der Waals surface area contributed by atoms with Crippen molar-refractivity contribution in [3.63, 3.8) is 0 Å². The lowest BCUT2D eigenvalue weighted by atomic mass is 9.87. The van der Waals surface area contributed by atoms with E-state index in [9.17, 15) is 4.79 Å². The van der Waals surface area contributed by atoms with Crippen LogP contribution in [0.25, 0.3) is 12.2 Å². The number of allylic oxidation sites excluding steroid dienone is 5. The van der Waals surface area contributed by atoms with Gasteiger partial charge in [0.05, 0.1) is 22.8 Å². The van der Waals surface area contributed by atoms with Gasteiger partial charge < -0.3 is 10.3 Å². The zero-order valence-corrected chi connectivity index (χ0v) is 17.5. The van der Waals surface area contributed by atoms with Gasteiger partial charge in [-0.2, -0.15) is 0 Å². The maximum Gasteiger partial charge on any atom is 0.187 e. The van der Waals surface area contributed by atoms with Gasteiger partial charge >= 0.3 is 0 Å². The predicted molar refractivity (Wildman–Crippen MR) is 127 cm³/mol. The van der Waals surface area contributed by atoms with Crippen LogP contribution in [-0.4, -0.2) is 27.7 Å². The van der Waals surface area contributed by atoms with Crippen molar-refractivity contribution >= 4 is 29.4 Å². The molecule has 0 saturated carbocycles. The lowest BCUT2D eigenvalue weighted by molar-refractivity contribution is -0.117. The third kappa shape index (κ3) is 3.55. The number of H-pyrrole nitrogens is 1. The monoisotopic (exact) mass is 434 g/mol. The van der Waals surface area contributed by atoms with Crippen LogP contribution < -0.4 is 16.0 Å². The van der Waals surface area contributed by atoms with Gasteiger partial charge in [0.15, 0.2) is 11.6 Å². The molecule has 0 spiro atoms. The minimum atomic E-state index is -1.15. The topological polar surface area (TPSA) is 69.6 Å². The van der Waals surface area contributed by atoms with Crippen molar-refractivity contribution in [1.82, 2.24) is 10.3 Å². The smallest absolute Gasteiger partial charge is 0.187 e. The van der Waals surface area contributed by atoms with Crippen LogP contribution in [0, 0.1) is 0 Å². The number of carbonyl (C=O) groups is 1. The first-order valence-electron chi connectivity index (χ1n) is 10.7. The highest BCUT2D eigenvalue weighted by Gasteiger charge is 2.42. The minimum absolute atomic E-state index is 0.129. The molecule has 0 saturated heterocycles. The lowest BCUT2D eigenvalue weighted by Gasteiger charge is -2.27. The Morgan fingerprint density at radius 3 is 2.36 bits per heavy atom. The second kappa shape index (κ2) is 7.38. The number of aromatic nitrogens is 1. The van der Waals surface area contributed by atoms with Crippen molar-refractivity contribution in [1.29, 1.82) is 0 Å². The standard InChI is InChI=1S/C27H19FN4O/c28-26-23-11-10-21(31-23)13-19-7-6-18(29-19)12-20-8-9-22(30-20)16-27(25(33)14-24(26)32-27)15-17-4-2-1-3-5-17/h1-14,16,29,32H,15H2. The van der Waals surface area contributed by atoms with E-state index in [1.54, 1.807) is 18.2 Å². The fourth-order valence-corrected chi connectivity index (χ4v) is 4.37. The maximum atomic E-state index is 15.5. The minimum Gasteiger partial charge on any atom is -0.366 e. The SMILES string of the molecule is O=C1C=C2NC1(Cc1ccccc1)C=C1C=CC(=N1)C=c1ccc([nH]1)=CC1=NC(=C2F)C=C1. The number of aromatic amines is 1. The number of hydrogen-bond donors (Lipinski definition) is 2. The molecule has 0 radical (unpaired) electrons. The Morgan fingerprint density at radius 1 is 0.848 bits per heavy atom. The Bertz CT molecular complexity index is 1530. The summed E-state index contributed by atoms with van der Waals surface area (Å²) in [5.41, 5.74) is 2.16. The molecule has 6 heteroatoms. The van der Waals surface area contributed by atoms with E-state index in [1.165, 1.54) is 6.08 Å². The first-order chi connectivity index (χ1) is 16.1. The van der Waals surface area contributed by atoms with Crippen LogP contribution in [0.4, 0.5) is 4.39 Å². The maximum absolute atomic E-state index is 15.5. The van der Waals surface area contributed by atoms with E-state index in [-0.39, 0.29) is 17.2 Å². The molecule has 33 heavy (non-hydrogen) atoms. The number of benzene rings is 1. The molecule has 0 amide bonds. The molecule has 1 unspecified atom stereocenters. The number of rotatable bonds is 2. The molecule has 4 aliphatic heterocycles. The Hall–Kier alpha value is -4.32. The van der Waals surface area contributed by atoms with E-state index in [0.717, 1.165) is 22.0 Å². The molecule has 8 bridgehead atoms. The van der Waals surface area contributed by atoms with Crippen molar-refractivity contribution < 1.29 is 9.18 Å². The van der Waals surface area contributed by atoms with Crippen LogP contribution in [0.5, 0.6) is 0 Å². The molecule has 5 heterocycles. The van der Waals surface area contributed by atoms with E-state index in [0.29, 0.717) is 17.8 Å². The largest absolute Gasteiger partial charge is 0.366 e. The zero-order valence-electron chi connectivity index (χ0n) is 17.5. The van der Waals surface area contributed by atoms with Gasteiger partial charge in [-0.15, -0.1) is 0 Å². The van der Waals surface area contributed by atoms with Crippen LogP contribution in [-0.2, 0) is 11.2 Å². The average molecular weight is 434 g/mol. The number of fused-ring (bicyclic) bond motifs is 6. The van der Waals surface area contributed by atoms with Gasteiger partial charge in [-0.3, -0.25) is 4.79 Å². The van der Waals surface area contributed by atoms with Crippen LogP contribution in [0.2, 0.25) is 0 Å². The van der Waals surface area contributed by atoms with Gasteiger partial charge in [0.2, 0.25) is 0 Å². The number of aliphatic imine (C=N–C) groups is 2. The normalized spacial score (nSPS) is 22.9. The third-order valence-corrected chi connectivity index (χ3v) is 5.94. The molecule has 160 valence electrons. The Labute approximate surface area is 189 Å². The molecule has 4 aliphatic rings. The molecule has 5 nitrogen and oxygen atoms in total. The van der Waals surface area contributed by atoms with Gasteiger partial charge in [-0.05, 0) is 60.2 Å². The zero-order chi connectivity index (χ0) is 22.4. The van der Waals surface area contributed by atoms with Crippen LogP contribution in [0.1, 0.15) is 5.56 Å². The van der Waals surface area contributed by atoms with E-state index >= 15 is 4.39 Å². The lowest BCUT2D eigenvalue weighted by Crippen LogP contribution is -2.47. The number of carbonyl (C=O) groups excluding carboxylic acids is 1. The van der Waals surface area contributed by atoms with Crippen LogP contribution in [0.3, 0.4) is 0 Å². The van der Waals surface area contributed by atoms with E-state index in [4.69, 9.17) is 0 Å². The number of hydrogen-bond acceptors (Lipinski definition) is 4. The van der Waals surface area contributed by atoms with Crippen LogP contribution >= 0.6 is 0 Å². The molecule has 2 N–H and O–H groups in total. The second-order valence-corrected chi connectivity index (χ2v) is 8.35. The first kappa shape index (κ1) is 19.4. The Morgan fingerprint density at radius 2 is 1.58 bits per heavy atom. The molecule has 0 fully saturated rings. The molecule has 2 aromatic rings. The number of halogens is 1. The van der Waals surface area contributed by atoms with E-state index in [2.05, 4.69) is 20.3 Å². The van der Waals surface area contributed by atoms with Gasteiger partial charge in [-0.1, -0.05) is 30.3 Å². The van der Waals surface area contributed by atoms with Gasteiger partial charge in [-0.25, -0.2) is 14.4 Å². The van der Waals surface area contributed by atoms with Crippen molar-refractivity contribution in [3.8, 4) is 0 Å². The van der Waals surface area contributed by atoms with Crippen molar-refractivity contribution in [2.45, 2.75) is 12.0 Å². The summed E-state index contributed by atoms with van der Waals surface area (Å²) in [7, 11) is 0. The summed E-state index contributed by atoms with van der Waals surface area (Å²) in [6, 6.07) is 13.6. The number of nitrogens with zero attached hydrogens (tertiary/aromatic N) is 2. The Balaban J connectivity index is 1.54. The summed E-state index contributed by atoms with van der Waals surface area (Å²) in [5.74, 6) is -0.781. The summed E-state index contributed by atoms with van der Waals surface area (Å²) < 4.78 is 15.5. The summed E-state index contributed by atoms with van der Waals surface area (Å²) >= 11 is 0. The number of ketones is 1. The molecular weight excluding hydrogens is 415 g/mol. The van der Waals surface area contributed by atoms with Crippen molar-refractivity contribution in [2.24, 2.45) is 9.98 Å². The highest BCUT2D eigenvalue weighted by atomic mass is 19.1. The fourth-order valence-electron chi connectivity index (χ4n) is 4.37. The van der Waals surface area contributed by atoms with Gasteiger partial charge in [0.1, 0.15) is 11.2 Å². The molecule has 6 rings (SSSR count). The average Bonchev–Trinajstić information content (AvgIpc) is 3.59. The molecule has 1 atom stereocenters. The molecule has 1 aromatic heterocycles. The summed E-state index contributed by atoms with van der Waals surface area (Å²) in [4.78, 5) is 25.7. The van der Waals surface area contributed by atoms with Crippen LogP contribution in [0.15, 0.2) is 112 Å². The highest BCUT2D eigenvalue weighted by molar-refractivity contribution is 6.20. The second-order valence-electron chi connectivity index (χ2n) is 8.35. The first-order valence-corrected chi connectivity index (χ1v) is 10.7. The summed E-state index contributed by atoms with van der Waals surface area (Å²) in [6.45, 7) is 0. The third-order valence-electron chi connectivity index (χ3n) is 5.94. The van der Waals surface area contributed by atoms with Crippen molar-refractivity contribution in [2.75, 3.05) is 0 Å². The quantitative estimate of drug-likeness (QED) is 0.763. The summed E-state index contributed by atoms with van der Waals surface area (Å²) in [5, 5.41) is 4.91.